The van der Waals surface area contributed by atoms with Crippen LogP contribution in [0.5, 0.6) is 0 Å². The molecule has 0 radical (unpaired) electrons. The lowest BCUT2D eigenvalue weighted by atomic mass is 10.2. The largest absolute Gasteiger partial charge is 0.310 e. The highest BCUT2D eigenvalue weighted by atomic mass is 35.5. The third-order valence-corrected chi connectivity index (χ3v) is 2.77. The van der Waals surface area contributed by atoms with Crippen molar-refractivity contribution in [3.05, 3.63) is 46.5 Å². The van der Waals surface area contributed by atoms with Gasteiger partial charge in [0.15, 0.2) is 0 Å². The topological polar surface area (TPSA) is 12.0 Å². The lowest BCUT2D eigenvalue weighted by molar-refractivity contribution is 0.554. The predicted octanol–water partition coefficient (Wildman–Crippen LogP) is 4.05. The zero-order valence-corrected chi connectivity index (χ0v) is 10.3. The molecule has 0 aromatic heterocycles. The van der Waals surface area contributed by atoms with Gasteiger partial charge in [-0.1, -0.05) is 29.3 Å². The summed E-state index contributed by atoms with van der Waals surface area (Å²) in [7, 11) is 0. The average Bonchev–Trinajstić information content (AvgIpc) is 2.20. The number of hydrogen-bond donors (Lipinski definition) is 1. The molecule has 0 aliphatic heterocycles. The summed E-state index contributed by atoms with van der Waals surface area (Å²) in [5.74, 6) is 0. The van der Waals surface area contributed by atoms with E-state index in [0.29, 0.717) is 11.1 Å². The standard InChI is InChI=1S/C12H15Cl2N/c1-3-4-9(2)15-8-10-7-11(13)5-6-12(10)14/h3,5-7,9,15H,1,4,8H2,2H3. The van der Waals surface area contributed by atoms with Crippen LogP contribution in [0, 0.1) is 0 Å². The van der Waals surface area contributed by atoms with Crippen LogP contribution >= 0.6 is 23.2 Å². The fourth-order valence-electron chi connectivity index (χ4n) is 1.30. The Morgan fingerprint density at radius 2 is 2.20 bits per heavy atom. The SMILES string of the molecule is C=CCC(C)NCc1cc(Cl)ccc1Cl. The first-order chi connectivity index (χ1) is 7.13. The number of benzene rings is 1. The van der Waals surface area contributed by atoms with Gasteiger partial charge < -0.3 is 5.32 Å². The maximum absolute atomic E-state index is 6.04. The van der Waals surface area contributed by atoms with Crippen molar-refractivity contribution < 1.29 is 0 Å². The third kappa shape index (κ3) is 4.25. The molecule has 82 valence electrons. The summed E-state index contributed by atoms with van der Waals surface area (Å²) in [5.41, 5.74) is 1.03. The van der Waals surface area contributed by atoms with E-state index in [9.17, 15) is 0 Å². The highest BCUT2D eigenvalue weighted by Gasteiger charge is 2.03. The van der Waals surface area contributed by atoms with Crippen LogP contribution in [0.25, 0.3) is 0 Å². The minimum Gasteiger partial charge on any atom is -0.310 e. The van der Waals surface area contributed by atoms with Crippen LogP contribution in [0.15, 0.2) is 30.9 Å². The summed E-state index contributed by atoms with van der Waals surface area (Å²) in [6.07, 6.45) is 2.84. The summed E-state index contributed by atoms with van der Waals surface area (Å²) in [6, 6.07) is 5.90. The molecule has 3 heteroatoms. The Balaban J connectivity index is 2.56. The van der Waals surface area contributed by atoms with Gasteiger partial charge in [0.1, 0.15) is 0 Å². The molecular formula is C12H15Cl2N. The lowest BCUT2D eigenvalue weighted by Crippen LogP contribution is -2.24. The van der Waals surface area contributed by atoms with E-state index in [2.05, 4.69) is 18.8 Å². The Morgan fingerprint density at radius 1 is 1.47 bits per heavy atom. The van der Waals surface area contributed by atoms with Gasteiger partial charge in [-0.15, -0.1) is 6.58 Å². The molecule has 1 rings (SSSR count). The quantitative estimate of drug-likeness (QED) is 0.770. The third-order valence-electron chi connectivity index (χ3n) is 2.17. The molecule has 0 amide bonds. The van der Waals surface area contributed by atoms with E-state index in [1.165, 1.54) is 0 Å². The maximum atomic E-state index is 6.04. The van der Waals surface area contributed by atoms with E-state index < -0.39 is 0 Å². The van der Waals surface area contributed by atoms with Gasteiger partial charge in [-0.2, -0.15) is 0 Å². The normalized spacial score (nSPS) is 12.5. The van der Waals surface area contributed by atoms with E-state index in [0.717, 1.165) is 23.6 Å². The Kier molecular flexibility index (Phi) is 5.16. The molecule has 1 N–H and O–H groups in total. The van der Waals surface area contributed by atoms with Gasteiger partial charge in [-0.25, -0.2) is 0 Å². The highest BCUT2D eigenvalue weighted by molar-refractivity contribution is 6.33. The van der Waals surface area contributed by atoms with Crippen LogP contribution in [0.3, 0.4) is 0 Å². The zero-order chi connectivity index (χ0) is 11.3. The summed E-state index contributed by atoms with van der Waals surface area (Å²) < 4.78 is 0. The molecule has 0 saturated carbocycles. The molecule has 0 heterocycles. The molecule has 1 aromatic carbocycles. The second-order valence-corrected chi connectivity index (χ2v) is 4.39. The van der Waals surface area contributed by atoms with Crippen molar-refractivity contribution in [3.63, 3.8) is 0 Å². The lowest BCUT2D eigenvalue weighted by Gasteiger charge is -2.12. The number of halogens is 2. The van der Waals surface area contributed by atoms with E-state index in [-0.39, 0.29) is 0 Å². The summed E-state index contributed by atoms with van der Waals surface area (Å²) >= 11 is 11.9. The van der Waals surface area contributed by atoms with E-state index >= 15 is 0 Å². The summed E-state index contributed by atoms with van der Waals surface area (Å²) in [4.78, 5) is 0. The molecule has 0 fully saturated rings. The fourth-order valence-corrected chi connectivity index (χ4v) is 1.68. The van der Waals surface area contributed by atoms with Crippen molar-refractivity contribution in [2.45, 2.75) is 25.9 Å². The highest BCUT2D eigenvalue weighted by Crippen LogP contribution is 2.20. The molecule has 0 aliphatic carbocycles. The summed E-state index contributed by atoms with van der Waals surface area (Å²) in [6.45, 7) is 6.54. The molecule has 0 spiro atoms. The fraction of sp³-hybridized carbons (Fsp3) is 0.333. The van der Waals surface area contributed by atoms with E-state index in [1.807, 2.05) is 18.2 Å². The molecular weight excluding hydrogens is 229 g/mol. The molecule has 0 saturated heterocycles. The van der Waals surface area contributed by atoms with Crippen molar-refractivity contribution >= 4 is 23.2 Å². The smallest absolute Gasteiger partial charge is 0.0451 e. The van der Waals surface area contributed by atoms with Crippen molar-refractivity contribution in [1.82, 2.24) is 5.32 Å². The van der Waals surface area contributed by atoms with Crippen molar-refractivity contribution in [1.29, 1.82) is 0 Å². The van der Waals surface area contributed by atoms with Crippen molar-refractivity contribution in [2.24, 2.45) is 0 Å². The minimum absolute atomic E-state index is 0.401. The van der Waals surface area contributed by atoms with Crippen LogP contribution in [0.1, 0.15) is 18.9 Å². The first kappa shape index (κ1) is 12.6. The molecule has 15 heavy (non-hydrogen) atoms. The molecule has 1 unspecified atom stereocenters. The van der Waals surface area contributed by atoms with Crippen LogP contribution in [0.2, 0.25) is 10.0 Å². The number of hydrogen-bond acceptors (Lipinski definition) is 1. The van der Waals surface area contributed by atoms with E-state index in [1.54, 1.807) is 6.07 Å². The predicted molar refractivity (Wildman–Crippen MR) is 67.6 cm³/mol. The maximum Gasteiger partial charge on any atom is 0.0451 e. The van der Waals surface area contributed by atoms with E-state index in [4.69, 9.17) is 23.2 Å². The van der Waals surface area contributed by atoms with Gasteiger partial charge in [0.25, 0.3) is 0 Å². The van der Waals surface area contributed by atoms with Crippen LogP contribution in [0.4, 0.5) is 0 Å². The number of nitrogens with one attached hydrogen (secondary N) is 1. The van der Waals surface area contributed by atoms with Gasteiger partial charge in [0.2, 0.25) is 0 Å². The second-order valence-electron chi connectivity index (χ2n) is 3.54. The van der Waals surface area contributed by atoms with Crippen LogP contribution in [-0.2, 0) is 6.54 Å². The van der Waals surface area contributed by atoms with Gasteiger partial charge in [-0.3, -0.25) is 0 Å². The Labute approximate surface area is 101 Å². The molecule has 1 atom stereocenters. The summed E-state index contributed by atoms with van der Waals surface area (Å²) in [5, 5.41) is 4.82. The molecule has 0 aliphatic rings. The Bertz CT molecular complexity index is 336. The zero-order valence-electron chi connectivity index (χ0n) is 8.76. The van der Waals surface area contributed by atoms with Crippen molar-refractivity contribution in [2.75, 3.05) is 0 Å². The minimum atomic E-state index is 0.401. The number of rotatable bonds is 5. The molecule has 1 nitrogen and oxygen atoms in total. The Morgan fingerprint density at radius 3 is 2.87 bits per heavy atom. The Hall–Kier alpha value is -0.500. The van der Waals surface area contributed by atoms with Crippen molar-refractivity contribution in [3.8, 4) is 0 Å². The van der Waals surface area contributed by atoms with Gasteiger partial charge in [0, 0.05) is 22.6 Å². The average molecular weight is 244 g/mol. The van der Waals surface area contributed by atoms with Gasteiger partial charge in [0.05, 0.1) is 0 Å². The van der Waals surface area contributed by atoms with Gasteiger partial charge in [-0.05, 0) is 37.1 Å². The van der Waals surface area contributed by atoms with Crippen LogP contribution in [-0.4, -0.2) is 6.04 Å². The first-order valence-corrected chi connectivity index (χ1v) is 5.67. The first-order valence-electron chi connectivity index (χ1n) is 4.91. The van der Waals surface area contributed by atoms with Crippen LogP contribution < -0.4 is 5.32 Å². The molecule has 0 bridgehead atoms. The molecule has 1 aromatic rings. The van der Waals surface area contributed by atoms with Gasteiger partial charge >= 0.3 is 0 Å². The monoisotopic (exact) mass is 243 g/mol. The second kappa shape index (κ2) is 6.16.